The second kappa shape index (κ2) is 9.97. The third-order valence-corrected chi connectivity index (χ3v) is 6.91. The van der Waals surface area contributed by atoms with Gasteiger partial charge in [-0.15, -0.1) is 0 Å². The zero-order valence-corrected chi connectivity index (χ0v) is 20.3. The van der Waals surface area contributed by atoms with Crippen LogP contribution in [0.2, 0.25) is 0 Å². The highest BCUT2D eigenvalue weighted by Crippen LogP contribution is 2.32. The van der Waals surface area contributed by atoms with Crippen molar-refractivity contribution >= 4 is 29.0 Å². The molecule has 2 aromatic rings. The van der Waals surface area contributed by atoms with Crippen LogP contribution in [0.25, 0.3) is 0 Å². The van der Waals surface area contributed by atoms with Crippen molar-refractivity contribution in [1.29, 1.82) is 0 Å². The minimum absolute atomic E-state index is 0.00996. The van der Waals surface area contributed by atoms with E-state index in [0.717, 1.165) is 43.6 Å². The second-order valence-corrected chi connectivity index (χ2v) is 9.51. The molecule has 0 spiro atoms. The first-order valence-electron chi connectivity index (χ1n) is 11.8. The van der Waals surface area contributed by atoms with E-state index in [1.165, 1.54) is 5.69 Å². The summed E-state index contributed by atoms with van der Waals surface area (Å²) in [5.41, 5.74) is 8.85. The third kappa shape index (κ3) is 5.14. The molecule has 1 aromatic heterocycles. The monoisotopic (exact) mass is 467 g/mol. The zero-order valence-electron chi connectivity index (χ0n) is 20.3. The Morgan fingerprint density at radius 1 is 1.15 bits per heavy atom. The highest BCUT2D eigenvalue weighted by Gasteiger charge is 2.37. The number of nitrogens with two attached hydrogens (primary N) is 1. The van der Waals surface area contributed by atoms with Gasteiger partial charge < -0.3 is 26.2 Å². The van der Waals surface area contributed by atoms with E-state index in [1.54, 1.807) is 0 Å². The first-order chi connectivity index (χ1) is 16.2. The predicted molar refractivity (Wildman–Crippen MR) is 134 cm³/mol. The molecule has 0 radical (unpaired) electrons. The lowest BCUT2D eigenvalue weighted by Crippen LogP contribution is -2.47. The number of amides is 1. The van der Waals surface area contributed by atoms with E-state index in [9.17, 15) is 9.18 Å². The summed E-state index contributed by atoms with van der Waals surface area (Å²) in [6.45, 7) is 10.1. The number of nitrogens with one attached hydrogen (secondary N) is 2. The fraction of sp³-hybridized carbons (Fsp3) is 0.480. The number of allylic oxidation sites excluding steroid dienone is 1. The van der Waals surface area contributed by atoms with Gasteiger partial charge in [-0.25, -0.2) is 9.37 Å². The van der Waals surface area contributed by atoms with Crippen LogP contribution in [-0.4, -0.2) is 60.0 Å². The van der Waals surface area contributed by atoms with Crippen LogP contribution < -0.4 is 21.3 Å². The summed E-state index contributed by atoms with van der Waals surface area (Å²) in [5.74, 6) is -1.18. The Bertz CT molecular complexity index is 1070. The number of hydrogen-bond donors (Lipinski definition) is 3. The lowest BCUT2D eigenvalue weighted by Gasteiger charge is -2.36. The summed E-state index contributed by atoms with van der Waals surface area (Å²) >= 11 is 0. The topological polar surface area (TPSA) is 99.4 Å². The lowest BCUT2D eigenvalue weighted by molar-refractivity contribution is -0.123. The number of aromatic nitrogens is 2. The van der Waals surface area contributed by atoms with Crippen LogP contribution in [0.1, 0.15) is 19.4 Å². The molecule has 2 aliphatic rings. The lowest BCUT2D eigenvalue weighted by atomic mass is 9.76. The number of rotatable bonds is 6. The van der Waals surface area contributed by atoms with Crippen LogP contribution in [0.15, 0.2) is 36.5 Å². The van der Waals surface area contributed by atoms with Crippen LogP contribution in [0.3, 0.4) is 0 Å². The minimum atomic E-state index is -0.579. The molecule has 34 heavy (non-hydrogen) atoms. The normalized spacial score (nSPS) is 25.3. The first kappa shape index (κ1) is 23.9. The number of likely N-dealkylation sites (N-methyl/N-ethyl adjacent to an activating group) is 1. The Hall–Kier alpha value is -3.20. The van der Waals surface area contributed by atoms with E-state index in [0.29, 0.717) is 0 Å². The van der Waals surface area contributed by atoms with Crippen LogP contribution in [0.4, 0.5) is 27.5 Å². The number of carbonyl (C=O) groups is 1. The van der Waals surface area contributed by atoms with E-state index in [1.807, 2.05) is 38.1 Å². The molecule has 1 fully saturated rings. The number of carbonyl (C=O) groups excluding carboxylic acids is 1. The average molecular weight is 468 g/mol. The SMILES string of the molecule is Cc1cc(Nc2ncc(F)c(N[C@@H]3[C@H](C(N)=O)[C@H](C)C=C[C@@H]3C)n2)ccc1N1CCN(C)CC1. The van der Waals surface area contributed by atoms with Crippen molar-refractivity contribution in [2.24, 2.45) is 23.5 Å². The summed E-state index contributed by atoms with van der Waals surface area (Å²) in [4.78, 5) is 25.3. The quantitative estimate of drug-likeness (QED) is 0.561. The number of piperazine rings is 1. The third-order valence-electron chi connectivity index (χ3n) is 6.91. The van der Waals surface area contributed by atoms with Crippen molar-refractivity contribution in [1.82, 2.24) is 14.9 Å². The van der Waals surface area contributed by atoms with Gasteiger partial charge in [-0.2, -0.15) is 4.98 Å². The molecular formula is C25H34FN7O. The van der Waals surface area contributed by atoms with Crippen molar-refractivity contribution in [3.8, 4) is 0 Å². The van der Waals surface area contributed by atoms with E-state index < -0.39 is 17.6 Å². The van der Waals surface area contributed by atoms with Crippen molar-refractivity contribution < 1.29 is 9.18 Å². The Morgan fingerprint density at radius 3 is 2.53 bits per heavy atom. The number of halogens is 1. The highest BCUT2D eigenvalue weighted by atomic mass is 19.1. The molecule has 4 rings (SSSR count). The first-order valence-corrected chi connectivity index (χ1v) is 11.8. The van der Waals surface area contributed by atoms with Crippen molar-refractivity contribution in [3.63, 3.8) is 0 Å². The number of benzene rings is 1. The van der Waals surface area contributed by atoms with Crippen LogP contribution in [0.5, 0.6) is 0 Å². The number of aryl methyl sites for hydroxylation is 1. The minimum Gasteiger partial charge on any atom is -0.369 e. The molecule has 8 nitrogen and oxygen atoms in total. The molecule has 1 aliphatic carbocycles. The molecule has 0 bridgehead atoms. The molecule has 1 saturated heterocycles. The van der Waals surface area contributed by atoms with Gasteiger partial charge in [-0.05, 0) is 49.6 Å². The smallest absolute Gasteiger partial charge is 0.229 e. The fourth-order valence-corrected chi connectivity index (χ4v) is 4.85. The number of primary amides is 1. The predicted octanol–water partition coefficient (Wildman–Crippen LogP) is 3.14. The van der Waals surface area contributed by atoms with Gasteiger partial charge in [0.15, 0.2) is 11.6 Å². The number of hydrogen-bond acceptors (Lipinski definition) is 7. The van der Waals surface area contributed by atoms with Gasteiger partial charge in [0.05, 0.1) is 12.1 Å². The van der Waals surface area contributed by atoms with E-state index in [4.69, 9.17) is 5.73 Å². The largest absolute Gasteiger partial charge is 0.369 e. The van der Waals surface area contributed by atoms with E-state index in [2.05, 4.69) is 50.4 Å². The summed E-state index contributed by atoms with van der Waals surface area (Å²) in [6.07, 6.45) is 5.13. The summed E-state index contributed by atoms with van der Waals surface area (Å²) in [5, 5.41) is 6.30. The molecular weight excluding hydrogens is 433 g/mol. The highest BCUT2D eigenvalue weighted by molar-refractivity contribution is 5.79. The van der Waals surface area contributed by atoms with E-state index >= 15 is 0 Å². The number of anilines is 4. The molecule has 1 aliphatic heterocycles. The Labute approximate surface area is 200 Å². The Kier molecular flexibility index (Phi) is 7.02. The summed E-state index contributed by atoms with van der Waals surface area (Å²) < 4.78 is 14.6. The van der Waals surface area contributed by atoms with Crippen molar-refractivity contribution in [3.05, 3.63) is 47.9 Å². The molecule has 2 heterocycles. The van der Waals surface area contributed by atoms with Crippen molar-refractivity contribution in [2.45, 2.75) is 26.8 Å². The van der Waals surface area contributed by atoms with Crippen LogP contribution >= 0.6 is 0 Å². The maximum absolute atomic E-state index is 14.6. The van der Waals surface area contributed by atoms with Gasteiger partial charge in [-0.1, -0.05) is 26.0 Å². The molecule has 0 saturated carbocycles. The average Bonchev–Trinajstić information content (AvgIpc) is 2.79. The Balaban J connectivity index is 1.51. The summed E-state index contributed by atoms with van der Waals surface area (Å²) in [7, 11) is 2.14. The number of nitrogens with zero attached hydrogens (tertiary/aromatic N) is 4. The Morgan fingerprint density at radius 2 is 1.85 bits per heavy atom. The van der Waals surface area contributed by atoms with Gasteiger partial charge in [0.2, 0.25) is 11.9 Å². The molecule has 1 amide bonds. The zero-order chi connectivity index (χ0) is 24.4. The van der Waals surface area contributed by atoms with Gasteiger partial charge >= 0.3 is 0 Å². The second-order valence-electron chi connectivity index (χ2n) is 9.51. The van der Waals surface area contributed by atoms with Gasteiger partial charge in [0.25, 0.3) is 0 Å². The molecule has 0 unspecified atom stereocenters. The maximum atomic E-state index is 14.6. The molecule has 4 N–H and O–H groups in total. The van der Waals surface area contributed by atoms with Crippen LogP contribution in [-0.2, 0) is 4.79 Å². The van der Waals surface area contributed by atoms with Crippen molar-refractivity contribution in [2.75, 3.05) is 48.8 Å². The molecule has 1 aromatic carbocycles. The molecule has 182 valence electrons. The fourth-order valence-electron chi connectivity index (χ4n) is 4.85. The standard InChI is InChI=1S/C25H34FN7O/c1-15-5-6-16(2)22(21(15)23(27)34)30-24-19(26)14-28-25(31-24)29-18-7-8-20(17(3)13-18)33-11-9-32(4)10-12-33/h5-8,13-16,21-22H,9-12H2,1-4H3,(H2,27,34)(H2,28,29,30,31)/t15-,16+,21-,22+/m1/s1. The molecule has 9 heteroatoms. The van der Waals surface area contributed by atoms with E-state index in [-0.39, 0.29) is 29.6 Å². The summed E-state index contributed by atoms with van der Waals surface area (Å²) in [6, 6.07) is 5.77. The van der Waals surface area contributed by atoms with Gasteiger partial charge in [0, 0.05) is 43.6 Å². The molecule has 4 atom stereocenters. The maximum Gasteiger partial charge on any atom is 0.229 e. The van der Waals surface area contributed by atoms with Gasteiger partial charge in [0.1, 0.15) is 0 Å². The van der Waals surface area contributed by atoms with Crippen LogP contribution in [0, 0.1) is 30.5 Å². The van der Waals surface area contributed by atoms with Gasteiger partial charge in [-0.3, -0.25) is 4.79 Å².